The third-order valence-electron chi connectivity index (χ3n) is 6.78. The molecule has 0 spiro atoms. The van der Waals surface area contributed by atoms with Crippen LogP contribution in [0.4, 0.5) is 0 Å². The molecule has 148 valence electrons. The lowest BCUT2D eigenvalue weighted by Crippen LogP contribution is -2.20. The van der Waals surface area contributed by atoms with Crippen LogP contribution < -0.4 is 10.5 Å². The summed E-state index contributed by atoms with van der Waals surface area (Å²) in [5.41, 5.74) is 8.32. The van der Waals surface area contributed by atoms with Crippen LogP contribution in [0.25, 0.3) is 10.9 Å². The molecular formula is C24H25N3O2. The summed E-state index contributed by atoms with van der Waals surface area (Å²) in [4.78, 5) is 20.6. The van der Waals surface area contributed by atoms with E-state index in [9.17, 15) is 4.79 Å². The average molecular weight is 387 g/mol. The van der Waals surface area contributed by atoms with Crippen LogP contribution in [-0.2, 0) is 0 Å². The first-order valence-corrected chi connectivity index (χ1v) is 10.4. The molecule has 2 N–H and O–H groups in total. The monoisotopic (exact) mass is 387 g/mol. The maximum atomic E-state index is 11.9. The number of nitrogens with zero attached hydrogens (tertiary/aromatic N) is 2. The van der Waals surface area contributed by atoms with Gasteiger partial charge in [0.15, 0.2) is 0 Å². The molecule has 5 rings (SSSR count). The minimum atomic E-state index is -0.332. The Kier molecular flexibility index (Phi) is 4.46. The number of benzene rings is 2. The molecule has 0 bridgehead atoms. The van der Waals surface area contributed by atoms with Crippen molar-refractivity contribution in [2.75, 3.05) is 0 Å². The number of primary amides is 1. The fourth-order valence-electron chi connectivity index (χ4n) is 5.51. The highest BCUT2D eigenvalue weighted by atomic mass is 16.5. The summed E-state index contributed by atoms with van der Waals surface area (Å²) < 4.78 is 6.29. The number of ether oxygens (including phenoxy) is 1. The summed E-state index contributed by atoms with van der Waals surface area (Å²) in [5.74, 6) is 2.65. The van der Waals surface area contributed by atoms with Gasteiger partial charge in [0.1, 0.15) is 12.4 Å². The van der Waals surface area contributed by atoms with Gasteiger partial charge in [-0.3, -0.25) is 4.79 Å². The summed E-state index contributed by atoms with van der Waals surface area (Å²) in [6.07, 6.45) is 4.88. The molecule has 0 unspecified atom stereocenters. The van der Waals surface area contributed by atoms with Crippen LogP contribution in [0.15, 0.2) is 54.9 Å². The Balaban J connectivity index is 1.30. The molecule has 1 aromatic heterocycles. The van der Waals surface area contributed by atoms with Gasteiger partial charge in [-0.05, 0) is 66.7 Å². The fourth-order valence-corrected chi connectivity index (χ4v) is 5.51. The number of nitrogens with two attached hydrogens (primary N) is 1. The summed E-state index contributed by atoms with van der Waals surface area (Å²) in [7, 11) is 0. The topological polar surface area (TPSA) is 78.1 Å². The van der Waals surface area contributed by atoms with Crippen molar-refractivity contribution in [1.82, 2.24) is 9.97 Å². The van der Waals surface area contributed by atoms with Gasteiger partial charge >= 0.3 is 0 Å². The number of fused-ring (bicyclic) bond motifs is 2. The van der Waals surface area contributed by atoms with Gasteiger partial charge in [-0.15, -0.1) is 0 Å². The first kappa shape index (κ1) is 18.1. The van der Waals surface area contributed by atoms with Gasteiger partial charge < -0.3 is 10.5 Å². The lowest BCUT2D eigenvalue weighted by molar-refractivity contribution is 0.0998. The number of aromatic nitrogens is 2. The highest BCUT2D eigenvalue weighted by Crippen LogP contribution is 2.64. The van der Waals surface area contributed by atoms with Crippen LogP contribution >= 0.6 is 0 Å². The molecule has 5 heteroatoms. The fraction of sp³-hybridized carbons (Fsp3) is 0.375. The van der Waals surface area contributed by atoms with E-state index in [0.717, 1.165) is 35.7 Å². The molecule has 3 aromatic rings. The average Bonchev–Trinajstić information content (AvgIpc) is 3.22. The van der Waals surface area contributed by atoms with E-state index in [4.69, 9.17) is 10.5 Å². The Bertz CT molecular complexity index is 1050. The van der Waals surface area contributed by atoms with Gasteiger partial charge in [0.05, 0.1) is 10.9 Å². The Hall–Kier alpha value is -2.95. The van der Waals surface area contributed by atoms with E-state index in [-0.39, 0.29) is 12.0 Å². The maximum Gasteiger partial charge on any atom is 0.248 e. The molecule has 0 radical (unpaired) electrons. The second-order valence-corrected chi connectivity index (χ2v) is 8.28. The van der Waals surface area contributed by atoms with Gasteiger partial charge in [-0.2, -0.15) is 0 Å². The molecule has 2 aliphatic carbocycles. The van der Waals surface area contributed by atoms with Gasteiger partial charge in [0.25, 0.3) is 0 Å². The zero-order chi connectivity index (χ0) is 20.0. The number of rotatable bonds is 6. The first-order valence-electron chi connectivity index (χ1n) is 10.4. The molecule has 0 aliphatic heterocycles. The molecule has 1 amide bonds. The van der Waals surface area contributed by atoms with Crippen molar-refractivity contribution in [3.63, 3.8) is 0 Å². The highest BCUT2D eigenvalue weighted by Gasteiger charge is 2.59. The third-order valence-corrected chi connectivity index (χ3v) is 6.78. The van der Waals surface area contributed by atoms with E-state index < -0.39 is 0 Å². The zero-order valence-corrected chi connectivity index (χ0v) is 16.5. The highest BCUT2D eigenvalue weighted by molar-refractivity contribution is 5.94. The normalized spacial score (nSPS) is 24.2. The summed E-state index contributed by atoms with van der Waals surface area (Å²) in [6.45, 7) is 2.21. The van der Waals surface area contributed by atoms with E-state index in [2.05, 4.69) is 23.0 Å². The molecular weight excluding hydrogens is 362 g/mol. The second kappa shape index (κ2) is 7.14. The number of para-hydroxylation sites is 1. The second-order valence-electron chi connectivity index (χ2n) is 8.28. The van der Waals surface area contributed by atoms with Crippen molar-refractivity contribution in [2.45, 2.75) is 38.2 Å². The number of carbonyl (C=O) groups is 1. The van der Waals surface area contributed by atoms with E-state index in [1.165, 1.54) is 0 Å². The van der Waals surface area contributed by atoms with Crippen LogP contribution in [0.2, 0.25) is 0 Å². The molecule has 2 fully saturated rings. The molecule has 2 aliphatic rings. The molecule has 3 atom stereocenters. The third kappa shape index (κ3) is 3.15. The molecule has 2 aromatic carbocycles. The predicted octanol–water partition coefficient (Wildman–Crippen LogP) is 4.33. The predicted molar refractivity (Wildman–Crippen MR) is 112 cm³/mol. The Morgan fingerprint density at radius 3 is 2.59 bits per heavy atom. The van der Waals surface area contributed by atoms with Crippen molar-refractivity contribution in [1.29, 1.82) is 0 Å². The summed E-state index contributed by atoms with van der Waals surface area (Å²) in [6, 6.07) is 15.8. The van der Waals surface area contributed by atoms with Crippen molar-refractivity contribution < 1.29 is 9.53 Å². The molecule has 5 nitrogen and oxygen atoms in total. The standard InChI is InChI=1S/C24H25N3O2/c1-2-15(16-7-3-4-8-17(16)23(25)28)22-19-11-14(12-20(19)22)29-24-18-9-5-6-10-21(18)26-13-27-24/h3-10,13-15,19-20,22H,2,11-12H2,1H3,(H2,25,28)/t14?,15-,19+,20+,22?/m1/s1. The molecule has 0 saturated heterocycles. The molecule has 1 heterocycles. The summed E-state index contributed by atoms with van der Waals surface area (Å²) in [5, 5.41) is 0.967. The van der Waals surface area contributed by atoms with E-state index in [0.29, 0.717) is 35.1 Å². The zero-order valence-electron chi connectivity index (χ0n) is 16.5. The van der Waals surface area contributed by atoms with Gasteiger partial charge in [-0.1, -0.05) is 37.3 Å². The van der Waals surface area contributed by atoms with Gasteiger partial charge in [-0.25, -0.2) is 9.97 Å². The molecule has 29 heavy (non-hydrogen) atoms. The van der Waals surface area contributed by atoms with Crippen LogP contribution in [0.5, 0.6) is 5.88 Å². The van der Waals surface area contributed by atoms with Gasteiger partial charge in [0, 0.05) is 5.56 Å². The maximum absolute atomic E-state index is 11.9. The van der Waals surface area contributed by atoms with Crippen molar-refractivity contribution in [2.24, 2.45) is 23.5 Å². The number of hydrogen-bond acceptors (Lipinski definition) is 4. The minimum Gasteiger partial charge on any atom is -0.474 e. The number of amides is 1. The van der Waals surface area contributed by atoms with Crippen LogP contribution in [-0.4, -0.2) is 22.0 Å². The first-order chi connectivity index (χ1) is 14.2. The molecule has 2 saturated carbocycles. The summed E-state index contributed by atoms with van der Waals surface area (Å²) >= 11 is 0. The lowest BCUT2D eigenvalue weighted by Gasteiger charge is -2.22. The van der Waals surface area contributed by atoms with Crippen molar-refractivity contribution >= 4 is 16.8 Å². The van der Waals surface area contributed by atoms with E-state index >= 15 is 0 Å². The van der Waals surface area contributed by atoms with Crippen LogP contribution in [0.3, 0.4) is 0 Å². The Morgan fingerprint density at radius 1 is 1.10 bits per heavy atom. The quantitative estimate of drug-likeness (QED) is 0.683. The van der Waals surface area contributed by atoms with Crippen molar-refractivity contribution in [3.05, 3.63) is 66.0 Å². The van der Waals surface area contributed by atoms with E-state index in [1.807, 2.05) is 42.5 Å². The SMILES string of the molecule is CC[C@H](c1ccccc1C(N)=O)C1[C@H]2CC(Oc3ncnc4ccccc34)C[C@H]12. The largest absolute Gasteiger partial charge is 0.474 e. The number of hydrogen-bond donors (Lipinski definition) is 1. The van der Waals surface area contributed by atoms with Crippen LogP contribution in [0, 0.1) is 17.8 Å². The Morgan fingerprint density at radius 2 is 1.83 bits per heavy atom. The number of carbonyl (C=O) groups excluding carboxylic acids is 1. The lowest BCUT2D eigenvalue weighted by atomic mass is 9.84. The van der Waals surface area contributed by atoms with Gasteiger partial charge in [0.2, 0.25) is 11.8 Å². The van der Waals surface area contributed by atoms with Crippen molar-refractivity contribution in [3.8, 4) is 5.88 Å². The Labute approximate surface area is 170 Å². The smallest absolute Gasteiger partial charge is 0.248 e. The minimum absolute atomic E-state index is 0.198. The van der Waals surface area contributed by atoms with Crippen LogP contribution in [0.1, 0.15) is 48.0 Å². The van der Waals surface area contributed by atoms with E-state index in [1.54, 1.807) is 6.33 Å².